The van der Waals surface area contributed by atoms with E-state index in [4.69, 9.17) is 10.00 Å². The fourth-order valence-electron chi connectivity index (χ4n) is 1.92. The zero-order valence-electron chi connectivity index (χ0n) is 12.2. The molecule has 0 aliphatic carbocycles. The van der Waals surface area contributed by atoms with Crippen molar-refractivity contribution in [3.63, 3.8) is 0 Å². The van der Waals surface area contributed by atoms with Gasteiger partial charge in [0.15, 0.2) is 0 Å². The maximum absolute atomic E-state index is 12.0. The standard InChI is InChI=1S/C17H16N2O2S/c1-2-21-15-7-3-13(4-8-15)11-17(20)19-14-5-9-16(10-6-14)22-12-18/h3-10H,2,11H2,1H3,(H,19,20). The molecule has 2 aromatic carbocycles. The van der Waals surface area contributed by atoms with Gasteiger partial charge in [0.05, 0.1) is 13.0 Å². The monoisotopic (exact) mass is 312 g/mol. The minimum atomic E-state index is -0.0788. The fourth-order valence-corrected chi connectivity index (χ4v) is 2.30. The van der Waals surface area contributed by atoms with Crippen LogP contribution in [0.15, 0.2) is 53.4 Å². The van der Waals surface area contributed by atoms with Crippen LogP contribution in [0.5, 0.6) is 5.75 Å². The molecule has 0 saturated heterocycles. The Morgan fingerprint density at radius 3 is 2.45 bits per heavy atom. The molecule has 0 aliphatic heterocycles. The molecule has 0 saturated carbocycles. The molecular weight excluding hydrogens is 296 g/mol. The van der Waals surface area contributed by atoms with Crippen LogP contribution in [-0.2, 0) is 11.2 Å². The molecule has 0 bridgehead atoms. The molecule has 2 rings (SSSR count). The topological polar surface area (TPSA) is 62.1 Å². The van der Waals surface area contributed by atoms with Crippen LogP contribution in [0.3, 0.4) is 0 Å². The third-order valence-electron chi connectivity index (χ3n) is 2.90. The lowest BCUT2D eigenvalue weighted by molar-refractivity contribution is -0.115. The van der Waals surface area contributed by atoms with Crippen LogP contribution in [0, 0.1) is 10.7 Å². The number of carbonyl (C=O) groups excluding carboxylic acids is 1. The highest BCUT2D eigenvalue weighted by molar-refractivity contribution is 8.03. The fraction of sp³-hybridized carbons (Fsp3) is 0.176. The summed E-state index contributed by atoms with van der Waals surface area (Å²) in [7, 11) is 0. The Labute approximate surface area is 134 Å². The zero-order chi connectivity index (χ0) is 15.8. The predicted octanol–water partition coefficient (Wildman–Crippen LogP) is 3.84. The van der Waals surface area contributed by atoms with Gasteiger partial charge < -0.3 is 10.1 Å². The number of amides is 1. The number of benzene rings is 2. The highest BCUT2D eigenvalue weighted by Gasteiger charge is 2.05. The van der Waals surface area contributed by atoms with Crippen molar-refractivity contribution in [1.29, 1.82) is 5.26 Å². The molecule has 0 radical (unpaired) electrons. The van der Waals surface area contributed by atoms with E-state index < -0.39 is 0 Å². The first-order valence-electron chi connectivity index (χ1n) is 6.89. The Bertz CT molecular complexity index is 661. The lowest BCUT2D eigenvalue weighted by Crippen LogP contribution is -2.14. The number of hydrogen-bond acceptors (Lipinski definition) is 4. The van der Waals surface area contributed by atoms with E-state index >= 15 is 0 Å². The minimum absolute atomic E-state index is 0.0788. The summed E-state index contributed by atoms with van der Waals surface area (Å²) >= 11 is 1.09. The van der Waals surface area contributed by atoms with Crippen LogP contribution in [0.1, 0.15) is 12.5 Å². The SMILES string of the molecule is CCOc1ccc(CC(=O)Nc2ccc(SC#N)cc2)cc1. The van der Waals surface area contributed by atoms with Crippen molar-refractivity contribution in [2.24, 2.45) is 0 Å². The number of thioether (sulfide) groups is 1. The van der Waals surface area contributed by atoms with E-state index in [0.717, 1.165) is 33.7 Å². The lowest BCUT2D eigenvalue weighted by Gasteiger charge is -2.07. The van der Waals surface area contributed by atoms with Crippen LogP contribution >= 0.6 is 11.8 Å². The second-order valence-electron chi connectivity index (χ2n) is 4.52. The highest BCUT2D eigenvalue weighted by atomic mass is 32.2. The Kier molecular flexibility index (Phi) is 5.87. The number of nitrogens with one attached hydrogen (secondary N) is 1. The number of ether oxygens (including phenoxy) is 1. The first-order valence-corrected chi connectivity index (χ1v) is 7.70. The minimum Gasteiger partial charge on any atom is -0.494 e. The Morgan fingerprint density at radius 2 is 1.86 bits per heavy atom. The van der Waals surface area contributed by atoms with Gasteiger partial charge in [-0.05, 0) is 60.6 Å². The highest BCUT2D eigenvalue weighted by Crippen LogP contribution is 2.19. The average Bonchev–Trinajstić information content (AvgIpc) is 2.52. The van der Waals surface area contributed by atoms with Gasteiger partial charge in [0.25, 0.3) is 0 Å². The van der Waals surface area contributed by atoms with Crippen molar-refractivity contribution in [3.05, 3.63) is 54.1 Å². The summed E-state index contributed by atoms with van der Waals surface area (Å²) in [6, 6.07) is 14.7. The van der Waals surface area contributed by atoms with Gasteiger partial charge in [-0.1, -0.05) is 12.1 Å². The lowest BCUT2D eigenvalue weighted by atomic mass is 10.1. The smallest absolute Gasteiger partial charge is 0.228 e. The quantitative estimate of drug-likeness (QED) is 0.650. The molecule has 0 aliphatic rings. The van der Waals surface area contributed by atoms with Gasteiger partial charge in [0.2, 0.25) is 5.91 Å². The van der Waals surface area contributed by atoms with Crippen LogP contribution in [0.2, 0.25) is 0 Å². The zero-order valence-corrected chi connectivity index (χ0v) is 13.0. The van der Waals surface area contributed by atoms with Gasteiger partial charge >= 0.3 is 0 Å². The van der Waals surface area contributed by atoms with Crippen molar-refractivity contribution in [1.82, 2.24) is 0 Å². The summed E-state index contributed by atoms with van der Waals surface area (Å²) < 4.78 is 5.37. The number of anilines is 1. The molecule has 2 aromatic rings. The van der Waals surface area contributed by atoms with Crippen molar-refractivity contribution < 1.29 is 9.53 Å². The normalized spacial score (nSPS) is 9.82. The van der Waals surface area contributed by atoms with E-state index in [1.54, 1.807) is 24.3 Å². The summed E-state index contributed by atoms with van der Waals surface area (Å²) in [5, 5.41) is 13.4. The molecule has 4 nitrogen and oxygen atoms in total. The summed E-state index contributed by atoms with van der Waals surface area (Å²) in [5.41, 5.74) is 1.65. The van der Waals surface area contributed by atoms with E-state index in [1.165, 1.54) is 0 Å². The number of nitriles is 1. The number of nitrogens with zero attached hydrogens (tertiary/aromatic N) is 1. The Morgan fingerprint density at radius 1 is 1.18 bits per heavy atom. The van der Waals surface area contributed by atoms with Gasteiger partial charge in [0.1, 0.15) is 11.2 Å². The molecule has 1 amide bonds. The molecule has 0 heterocycles. The van der Waals surface area contributed by atoms with E-state index in [0.29, 0.717) is 13.0 Å². The first-order chi connectivity index (χ1) is 10.7. The van der Waals surface area contributed by atoms with E-state index in [1.807, 2.05) is 36.6 Å². The average molecular weight is 312 g/mol. The van der Waals surface area contributed by atoms with Gasteiger partial charge in [-0.2, -0.15) is 5.26 Å². The predicted molar refractivity (Wildman–Crippen MR) is 87.9 cm³/mol. The van der Waals surface area contributed by atoms with Crippen LogP contribution < -0.4 is 10.1 Å². The van der Waals surface area contributed by atoms with E-state index in [2.05, 4.69) is 5.32 Å². The maximum atomic E-state index is 12.0. The van der Waals surface area contributed by atoms with Crippen LogP contribution in [-0.4, -0.2) is 12.5 Å². The second-order valence-corrected chi connectivity index (χ2v) is 5.38. The van der Waals surface area contributed by atoms with Crippen LogP contribution in [0.4, 0.5) is 5.69 Å². The second kappa shape index (κ2) is 8.11. The number of carbonyl (C=O) groups is 1. The number of hydrogen-bond donors (Lipinski definition) is 1. The van der Waals surface area contributed by atoms with Gasteiger partial charge in [0, 0.05) is 10.6 Å². The molecule has 1 N–H and O–H groups in total. The summed E-state index contributed by atoms with van der Waals surface area (Å²) in [6.07, 6.45) is 0.307. The first kappa shape index (κ1) is 15.9. The molecule has 22 heavy (non-hydrogen) atoms. The molecule has 5 heteroatoms. The van der Waals surface area contributed by atoms with Gasteiger partial charge in [-0.15, -0.1) is 0 Å². The van der Waals surface area contributed by atoms with Crippen molar-refractivity contribution >= 4 is 23.4 Å². The third kappa shape index (κ3) is 4.83. The number of rotatable bonds is 6. The van der Waals surface area contributed by atoms with Gasteiger partial charge in [-0.3, -0.25) is 4.79 Å². The van der Waals surface area contributed by atoms with Crippen molar-refractivity contribution in [2.75, 3.05) is 11.9 Å². The molecule has 0 unspecified atom stereocenters. The Hall–Kier alpha value is -2.45. The van der Waals surface area contributed by atoms with Gasteiger partial charge in [-0.25, -0.2) is 0 Å². The molecule has 112 valence electrons. The summed E-state index contributed by atoms with van der Waals surface area (Å²) in [6.45, 7) is 2.56. The summed E-state index contributed by atoms with van der Waals surface area (Å²) in [4.78, 5) is 12.9. The van der Waals surface area contributed by atoms with Crippen molar-refractivity contribution in [3.8, 4) is 11.2 Å². The maximum Gasteiger partial charge on any atom is 0.228 e. The van der Waals surface area contributed by atoms with Crippen LogP contribution in [0.25, 0.3) is 0 Å². The molecule has 0 atom stereocenters. The molecule has 0 spiro atoms. The Balaban J connectivity index is 1.90. The van der Waals surface area contributed by atoms with E-state index in [9.17, 15) is 4.79 Å². The van der Waals surface area contributed by atoms with E-state index in [-0.39, 0.29) is 5.91 Å². The number of thiocyanates is 1. The summed E-state index contributed by atoms with van der Waals surface area (Å²) in [5.74, 6) is 0.724. The third-order valence-corrected chi connectivity index (χ3v) is 3.50. The molecule has 0 aromatic heterocycles. The largest absolute Gasteiger partial charge is 0.494 e. The molecule has 0 fully saturated rings. The molecular formula is C17H16N2O2S. The van der Waals surface area contributed by atoms with Crippen molar-refractivity contribution in [2.45, 2.75) is 18.2 Å².